The molecule has 3 rings (SSSR count). The quantitative estimate of drug-likeness (QED) is 0.505. The molecule has 0 N–H and O–H groups in total. The predicted octanol–water partition coefficient (Wildman–Crippen LogP) is 4.79. The standard InChI is InChI=1S/C13H6ClNO/c1-15-10-6-8(14)7-12-13(10)9-4-2-3-5-11(9)16-12/h2-7H. The first-order valence-electron chi connectivity index (χ1n) is 4.78. The number of rotatable bonds is 0. The Morgan fingerprint density at radius 1 is 1.12 bits per heavy atom. The molecule has 2 nitrogen and oxygen atoms in total. The van der Waals surface area contributed by atoms with E-state index >= 15 is 0 Å². The lowest BCUT2D eigenvalue weighted by Crippen LogP contribution is -1.68. The Kier molecular flexibility index (Phi) is 1.89. The Hall–Kier alpha value is -1.98. The normalized spacial score (nSPS) is 10.8. The van der Waals surface area contributed by atoms with E-state index in [1.54, 1.807) is 12.1 Å². The highest BCUT2D eigenvalue weighted by Gasteiger charge is 2.11. The number of hydrogen-bond acceptors (Lipinski definition) is 1. The lowest BCUT2D eigenvalue weighted by Gasteiger charge is -1.94. The third kappa shape index (κ3) is 1.19. The second kappa shape index (κ2) is 3.26. The Morgan fingerprint density at radius 2 is 1.94 bits per heavy atom. The van der Waals surface area contributed by atoms with Gasteiger partial charge in [-0.2, -0.15) is 0 Å². The number of fused-ring (bicyclic) bond motifs is 3. The molecule has 16 heavy (non-hydrogen) atoms. The Bertz CT molecular complexity index is 737. The first-order valence-corrected chi connectivity index (χ1v) is 5.15. The number of nitrogens with zero attached hydrogens (tertiary/aromatic N) is 1. The highest BCUT2D eigenvalue weighted by Crippen LogP contribution is 2.37. The van der Waals surface area contributed by atoms with Crippen LogP contribution in [0.2, 0.25) is 5.02 Å². The van der Waals surface area contributed by atoms with E-state index in [9.17, 15) is 0 Å². The van der Waals surface area contributed by atoms with E-state index in [0.29, 0.717) is 16.3 Å². The lowest BCUT2D eigenvalue weighted by molar-refractivity contribution is 0.669. The molecular weight excluding hydrogens is 222 g/mol. The molecule has 0 unspecified atom stereocenters. The monoisotopic (exact) mass is 227 g/mol. The summed E-state index contributed by atoms with van der Waals surface area (Å²) in [6.07, 6.45) is 0. The molecule has 2 aromatic carbocycles. The summed E-state index contributed by atoms with van der Waals surface area (Å²) < 4.78 is 5.65. The van der Waals surface area contributed by atoms with Crippen LogP contribution in [-0.4, -0.2) is 0 Å². The molecular formula is C13H6ClNO. The van der Waals surface area contributed by atoms with Crippen LogP contribution in [0.4, 0.5) is 5.69 Å². The van der Waals surface area contributed by atoms with Crippen LogP contribution in [0.3, 0.4) is 0 Å². The zero-order valence-electron chi connectivity index (χ0n) is 8.20. The molecule has 1 heterocycles. The minimum atomic E-state index is 0.526. The Labute approximate surface area is 96.9 Å². The highest BCUT2D eigenvalue weighted by atomic mass is 35.5. The maximum atomic E-state index is 7.16. The average molecular weight is 228 g/mol. The summed E-state index contributed by atoms with van der Waals surface area (Å²) in [5.41, 5.74) is 1.98. The average Bonchev–Trinajstić information content (AvgIpc) is 2.65. The van der Waals surface area contributed by atoms with Crippen LogP contribution >= 0.6 is 11.6 Å². The van der Waals surface area contributed by atoms with E-state index in [4.69, 9.17) is 22.6 Å². The van der Waals surface area contributed by atoms with E-state index in [0.717, 1.165) is 16.4 Å². The fraction of sp³-hybridized carbons (Fsp3) is 0. The summed E-state index contributed by atoms with van der Waals surface area (Å²) in [4.78, 5) is 3.49. The van der Waals surface area contributed by atoms with Crippen LogP contribution < -0.4 is 0 Å². The molecule has 76 valence electrons. The number of para-hydroxylation sites is 1. The second-order valence-electron chi connectivity index (χ2n) is 3.51. The minimum absolute atomic E-state index is 0.526. The number of hydrogen-bond donors (Lipinski definition) is 0. The van der Waals surface area contributed by atoms with E-state index in [2.05, 4.69) is 4.85 Å². The van der Waals surface area contributed by atoms with Gasteiger partial charge in [-0.3, -0.25) is 0 Å². The summed E-state index contributed by atoms with van der Waals surface area (Å²) in [6.45, 7) is 7.16. The fourth-order valence-corrected chi connectivity index (χ4v) is 2.09. The van der Waals surface area contributed by atoms with Crippen molar-refractivity contribution in [1.29, 1.82) is 0 Å². The smallest absolute Gasteiger partial charge is 0.200 e. The maximum Gasteiger partial charge on any atom is 0.200 e. The molecule has 0 atom stereocenters. The zero-order chi connectivity index (χ0) is 11.1. The van der Waals surface area contributed by atoms with Gasteiger partial charge in [0.05, 0.1) is 6.57 Å². The molecule has 0 saturated heterocycles. The van der Waals surface area contributed by atoms with Crippen molar-refractivity contribution in [1.82, 2.24) is 0 Å². The molecule has 0 amide bonds. The third-order valence-corrected chi connectivity index (χ3v) is 2.76. The van der Waals surface area contributed by atoms with E-state index in [1.165, 1.54) is 0 Å². The van der Waals surface area contributed by atoms with Crippen molar-refractivity contribution in [3.8, 4) is 0 Å². The lowest BCUT2D eigenvalue weighted by atomic mass is 10.1. The molecule has 0 aliphatic carbocycles. The van der Waals surface area contributed by atoms with E-state index in [-0.39, 0.29) is 0 Å². The van der Waals surface area contributed by atoms with Crippen LogP contribution in [0.25, 0.3) is 26.8 Å². The number of halogens is 1. The van der Waals surface area contributed by atoms with Gasteiger partial charge in [0.1, 0.15) is 11.2 Å². The molecule has 0 aliphatic heterocycles. The van der Waals surface area contributed by atoms with Crippen molar-refractivity contribution in [3.05, 3.63) is 52.8 Å². The fourth-order valence-electron chi connectivity index (χ4n) is 1.89. The summed E-state index contributed by atoms with van der Waals surface area (Å²) in [7, 11) is 0. The largest absolute Gasteiger partial charge is 0.457 e. The van der Waals surface area contributed by atoms with Crippen LogP contribution in [0.1, 0.15) is 0 Å². The first-order chi connectivity index (χ1) is 7.79. The predicted molar refractivity (Wildman–Crippen MR) is 65.0 cm³/mol. The number of benzene rings is 2. The Morgan fingerprint density at radius 3 is 2.75 bits per heavy atom. The van der Waals surface area contributed by atoms with Crippen LogP contribution in [0.15, 0.2) is 40.8 Å². The van der Waals surface area contributed by atoms with E-state index in [1.807, 2.05) is 24.3 Å². The van der Waals surface area contributed by atoms with Crippen LogP contribution in [-0.2, 0) is 0 Å². The summed E-state index contributed by atoms with van der Waals surface area (Å²) in [6, 6.07) is 11.1. The van der Waals surface area contributed by atoms with Gasteiger partial charge in [0.25, 0.3) is 0 Å². The molecule has 0 bridgehead atoms. The molecule has 3 heteroatoms. The topological polar surface area (TPSA) is 17.5 Å². The molecule has 0 fully saturated rings. The highest BCUT2D eigenvalue weighted by molar-refractivity contribution is 6.32. The van der Waals surface area contributed by atoms with Crippen molar-refractivity contribution in [3.63, 3.8) is 0 Å². The zero-order valence-corrected chi connectivity index (χ0v) is 8.95. The van der Waals surface area contributed by atoms with Gasteiger partial charge in [0.15, 0.2) is 5.69 Å². The van der Waals surface area contributed by atoms with Crippen LogP contribution in [0, 0.1) is 6.57 Å². The molecule has 0 aliphatic rings. The van der Waals surface area contributed by atoms with Gasteiger partial charge in [-0.05, 0) is 18.2 Å². The maximum absolute atomic E-state index is 7.16. The second-order valence-corrected chi connectivity index (χ2v) is 3.94. The molecule has 3 aromatic rings. The molecule has 0 saturated carbocycles. The van der Waals surface area contributed by atoms with Crippen molar-refractivity contribution < 1.29 is 4.42 Å². The SMILES string of the molecule is [C-]#[N+]c1cc(Cl)cc2oc3ccccc3c12. The molecule has 1 aromatic heterocycles. The molecule has 0 radical (unpaired) electrons. The first kappa shape index (κ1) is 9.26. The minimum Gasteiger partial charge on any atom is -0.457 e. The van der Waals surface area contributed by atoms with Crippen molar-refractivity contribution in [2.24, 2.45) is 0 Å². The van der Waals surface area contributed by atoms with Crippen molar-refractivity contribution >= 4 is 39.2 Å². The van der Waals surface area contributed by atoms with Gasteiger partial charge in [0, 0.05) is 15.8 Å². The Balaban J connectivity index is 2.62. The van der Waals surface area contributed by atoms with Crippen LogP contribution in [0.5, 0.6) is 0 Å². The van der Waals surface area contributed by atoms with Crippen molar-refractivity contribution in [2.45, 2.75) is 0 Å². The summed E-state index contributed by atoms with van der Waals surface area (Å²) >= 11 is 5.93. The van der Waals surface area contributed by atoms with Gasteiger partial charge in [-0.1, -0.05) is 29.8 Å². The summed E-state index contributed by atoms with van der Waals surface area (Å²) in [5, 5.41) is 2.33. The van der Waals surface area contributed by atoms with Gasteiger partial charge in [-0.25, -0.2) is 4.85 Å². The van der Waals surface area contributed by atoms with Crippen molar-refractivity contribution in [2.75, 3.05) is 0 Å². The number of furan rings is 1. The third-order valence-electron chi connectivity index (χ3n) is 2.54. The summed E-state index contributed by atoms with van der Waals surface area (Å²) in [5.74, 6) is 0. The van der Waals surface area contributed by atoms with Gasteiger partial charge in [0.2, 0.25) is 0 Å². The van der Waals surface area contributed by atoms with Gasteiger partial charge in [-0.15, -0.1) is 0 Å². The van der Waals surface area contributed by atoms with Gasteiger partial charge < -0.3 is 4.42 Å². The molecule has 0 spiro atoms. The van der Waals surface area contributed by atoms with Gasteiger partial charge >= 0.3 is 0 Å². The van der Waals surface area contributed by atoms with E-state index < -0.39 is 0 Å².